The molecular weight excluding hydrogens is 344 g/mol. The molecule has 0 saturated carbocycles. The molecule has 0 radical (unpaired) electrons. The molecular formula is C18H21ClN2O4. The highest BCUT2D eigenvalue weighted by molar-refractivity contribution is 6.30. The second-order valence-electron chi connectivity index (χ2n) is 5.54. The molecule has 0 aliphatic heterocycles. The molecule has 0 saturated heterocycles. The Morgan fingerprint density at radius 1 is 1.36 bits per heavy atom. The van der Waals surface area contributed by atoms with E-state index >= 15 is 0 Å². The molecule has 0 fully saturated rings. The summed E-state index contributed by atoms with van der Waals surface area (Å²) in [5.74, 6) is 1.27. The second kappa shape index (κ2) is 8.58. The third kappa shape index (κ3) is 5.00. The number of aromatic nitrogens is 1. The number of hydrogen-bond donors (Lipinski definition) is 0. The van der Waals surface area contributed by atoms with Gasteiger partial charge in [0.15, 0.2) is 23.0 Å². The molecule has 0 bridgehead atoms. The van der Waals surface area contributed by atoms with Gasteiger partial charge in [-0.2, -0.15) is 0 Å². The van der Waals surface area contributed by atoms with E-state index in [2.05, 4.69) is 11.7 Å². The van der Waals surface area contributed by atoms with Crippen LogP contribution in [0.4, 0.5) is 0 Å². The number of ether oxygens (including phenoxy) is 2. The summed E-state index contributed by atoms with van der Waals surface area (Å²) in [6, 6.07) is 6.63. The van der Waals surface area contributed by atoms with Gasteiger partial charge in [0.2, 0.25) is 0 Å². The quantitative estimate of drug-likeness (QED) is 0.663. The van der Waals surface area contributed by atoms with Gasteiger partial charge in [0, 0.05) is 30.2 Å². The molecule has 0 aliphatic carbocycles. The molecule has 6 nitrogen and oxygen atoms in total. The lowest BCUT2D eigenvalue weighted by atomic mass is 10.2. The highest BCUT2D eigenvalue weighted by Crippen LogP contribution is 2.30. The van der Waals surface area contributed by atoms with Gasteiger partial charge < -0.3 is 18.9 Å². The van der Waals surface area contributed by atoms with Crippen LogP contribution in [-0.4, -0.2) is 36.2 Å². The summed E-state index contributed by atoms with van der Waals surface area (Å²) >= 11 is 5.92. The van der Waals surface area contributed by atoms with Crippen LogP contribution in [0.25, 0.3) is 0 Å². The Balaban J connectivity index is 2.04. The maximum Gasteiger partial charge on any atom is 0.276 e. The van der Waals surface area contributed by atoms with Gasteiger partial charge in [0.05, 0.1) is 7.11 Å². The number of benzene rings is 1. The van der Waals surface area contributed by atoms with E-state index < -0.39 is 0 Å². The summed E-state index contributed by atoms with van der Waals surface area (Å²) in [4.78, 5) is 14.1. The Morgan fingerprint density at radius 3 is 2.76 bits per heavy atom. The summed E-state index contributed by atoms with van der Waals surface area (Å²) in [6.45, 7) is 8.76. The normalized spacial score (nSPS) is 10.4. The van der Waals surface area contributed by atoms with Crippen LogP contribution in [0.5, 0.6) is 11.5 Å². The topological polar surface area (TPSA) is 64.8 Å². The summed E-state index contributed by atoms with van der Waals surface area (Å²) in [5.41, 5.74) is 1.14. The lowest BCUT2D eigenvalue weighted by Gasteiger charge is -2.19. The monoisotopic (exact) mass is 364 g/mol. The molecule has 1 amide bonds. The zero-order valence-corrected chi connectivity index (χ0v) is 15.3. The van der Waals surface area contributed by atoms with Crippen LogP contribution in [0.15, 0.2) is 40.9 Å². The minimum absolute atomic E-state index is 0.116. The molecule has 134 valence electrons. The smallest absolute Gasteiger partial charge is 0.276 e. The third-order valence-corrected chi connectivity index (χ3v) is 3.64. The predicted octanol–water partition coefficient (Wildman–Crippen LogP) is 3.95. The Bertz CT molecular complexity index is 757. The Hall–Kier alpha value is -2.47. The number of likely N-dealkylation sites (N-methyl/N-ethyl adjacent to an activating group) is 1. The van der Waals surface area contributed by atoms with Gasteiger partial charge in [-0.25, -0.2) is 0 Å². The molecule has 0 spiro atoms. The molecule has 1 aromatic carbocycles. The summed E-state index contributed by atoms with van der Waals surface area (Å²) in [5, 5.41) is 4.38. The van der Waals surface area contributed by atoms with E-state index in [1.807, 2.05) is 13.8 Å². The van der Waals surface area contributed by atoms with Crippen molar-refractivity contribution in [3.05, 3.63) is 52.9 Å². The van der Waals surface area contributed by atoms with Crippen LogP contribution < -0.4 is 9.47 Å². The number of nitrogens with zero attached hydrogens (tertiary/aromatic N) is 2. The first-order valence-electron chi connectivity index (χ1n) is 7.80. The van der Waals surface area contributed by atoms with Crippen LogP contribution >= 0.6 is 11.6 Å². The molecule has 2 aromatic rings. The largest absolute Gasteiger partial charge is 0.493 e. The average molecular weight is 365 g/mol. The molecule has 7 heteroatoms. The van der Waals surface area contributed by atoms with Gasteiger partial charge in [0.1, 0.15) is 6.61 Å². The fourth-order valence-corrected chi connectivity index (χ4v) is 2.37. The minimum atomic E-state index is -0.204. The zero-order valence-electron chi connectivity index (χ0n) is 14.5. The fourth-order valence-electron chi connectivity index (χ4n) is 2.21. The first-order valence-corrected chi connectivity index (χ1v) is 8.18. The van der Waals surface area contributed by atoms with Crippen molar-refractivity contribution in [2.75, 3.05) is 20.2 Å². The van der Waals surface area contributed by atoms with Gasteiger partial charge in [0.25, 0.3) is 5.91 Å². The van der Waals surface area contributed by atoms with Crippen molar-refractivity contribution >= 4 is 17.5 Å². The molecule has 0 unspecified atom stereocenters. The maximum absolute atomic E-state index is 12.4. The van der Waals surface area contributed by atoms with Crippen LogP contribution in [0, 0.1) is 0 Å². The van der Waals surface area contributed by atoms with Crippen molar-refractivity contribution in [1.82, 2.24) is 10.1 Å². The lowest BCUT2D eigenvalue weighted by molar-refractivity contribution is 0.0767. The number of hydrogen-bond acceptors (Lipinski definition) is 5. The van der Waals surface area contributed by atoms with Crippen LogP contribution in [0.3, 0.4) is 0 Å². The van der Waals surface area contributed by atoms with Crippen LogP contribution in [0.1, 0.15) is 30.1 Å². The number of carbonyl (C=O) groups is 1. The van der Waals surface area contributed by atoms with Crippen molar-refractivity contribution in [3.8, 4) is 11.5 Å². The first-order chi connectivity index (χ1) is 11.9. The number of amides is 1. The molecule has 25 heavy (non-hydrogen) atoms. The molecule has 0 atom stereocenters. The van der Waals surface area contributed by atoms with E-state index in [1.165, 1.54) is 7.11 Å². The standard InChI is InChI=1S/C18H21ClN2O4/c1-5-21(10-12(2)3)18(22)15-9-14(25-20-15)11-24-16-7-6-13(19)8-17(16)23-4/h6-9H,2,5,10-11H2,1,3-4H3. The van der Waals surface area contributed by atoms with Gasteiger partial charge in [-0.3, -0.25) is 4.79 Å². The van der Waals surface area contributed by atoms with Crippen molar-refractivity contribution < 1.29 is 18.8 Å². The Labute approximate surface area is 152 Å². The van der Waals surface area contributed by atoms with E-state index in [9.17, 15) is 4.79 Å². The summed E-state index contributed by atoms with van der Waals surface area (Å²) < 4.78 is 16.1. The Morgan fingerprint density at radius 2 is 2.12 bits per heavy atom. The highest BCUT2D eigenvalue weighted by Gasteiger charge is 2.19. The van der Waals surface area contributed by atoms with Crippen LogP contribution in [-0.2, 0) is 6.61 Å². The van der Waals surface area contributed by atoms with E-state index in [0.29, 0.717) is 35.4 Å². The molecule has 1 heterocycles. The van der Waals surface area contributed by atoms with Gasteiger partial charge in [-0.05, 0) is 26.0 Å². The van der Waals surface area contributed by atoms with Crippen LogP contribution in [0.2, 0.25) is 5.02 Å². The van der Waals surface area contributed by atoms with Gasteiger partial charge >= 0.3 is 0 Å². The second-order valence-corrected chi connectivity index (χ2v) is 5.98. The van der Waals surface area contributed by atoms with Gasteiger partial charge in [-0.15, -0.1) is 0 Å². The fraction of sp³-hybridized carbons (Fsp3) is 0.333. The average Bonchev–Trinajstić information content (AvgIpc) is 3.06. The summed E-state index contributed by atoms with van der Waals surface area (Å²) in [6.07, 6.45) is 0. The number of carbonyl (C=O) groups excluding carboxylic acids is 1. The maximum atomic E-state index is 12.4. The molecule has 2 rings (SSSR count). The van der Waals surface area contributed by atoms with Crippen molar-refractivity contribution in [2.45, 2.75) is 20.5 Å². The van der Waals surface area contributed by atoms with E-state index in [4.69, 9.17) is 25.6 Å². The number of methoxy groups -OCH3 is 1. The SMILES string of the molecule is C=C(C)CN(CC)C(=O)c1cc(COc2ccc(Cl)cc2OC)on1. The van der Waals surface area contributed by atoms with Crippen molar-refractivity contribution in [3.63, 3.8) is 0 Å². The number of rotatable bonds is 8. The predicted molar refractivity (Wildman–Crippen MR) is 95.2 cm³/mol. The zero-order chi connectivity index (χ0) is 18.4. The first kappa shape index (κ1) is 18.9. The minimum Gasteiger partial charge on any atom is -0.493 e. The highest BCUT2D eigenvalue weighted by atomic mass is 35.5. The number of halogens is 1. The summed E-state index contributed by atoms with van der Waals surface area (Å²) in [7, 11) is 1.53. The van der Waals surface area contributed by atoms with E-state index in [-0.39, 0.29) is 18.2 Å². The Kier molecular flexibility index (Phi) is 6.47. The van der Waals surface area contributed by atoms with Crippen molar-refractivity contribution in [2.24, 2.45) is 0 Å². The third-order valence-electron chi connectivity index (χ3n) is 3.40. The lowest BCUT2D eigenvalue weighted by Crippen LogP contribution is -2.32. The molecule has 0 N–H and O–H groups in total. The van der Waals surface area contributed by atoms with E-state index in [0.717, 1.165) is 5.57 Å². The van der Waals surface area contributed by atoms with Crippen molar-refractivity contribution in [1.29, 1.82) is 0 Å². The molecule has 0 aliphatic rings. The van der Waals surface area contributed by atoms with E-state index in [1.54, 1.807) is 29.2 Å². The van der Waals surface area contributed by atoms with Gasteiger partial charge in [-0.1, -0.05) is 28.9 Å². The molecule has 1 aromatic heterocycles.